The molecule has 0 amide bonds. The summed E-state index contributed by atoms with van der Waals surface area (Å²) < 4.78 is 0. The summed E-state index contributed by atoms with van der Waals surface area (Å²) in [4.78, 5) is 31.0. The SMILES string of the molecule is N#Cc1ccc(C(=O)[O-])nc1.N#Cc1ccc(C(=O)[O-])nc1.Nc1ccncc1.[Zn+2]. The van der Waals surface area contributed by atoms with Crippen molar-refractivity contribution in [2.24, 2.45) is 0 Å². The van der Waals surface area contributed by atoms with Crippen molar-refractivity contribution in [2.45, 2.75) is 0 Å². The summed E-state index contributed by atoms with van der Waals surface area (Å²) in [5, 5.41) is 36.9. The van der Waals surface area contributed by atoms with Crippen LogP contribution >= 0.6 is 0 Å². The third kappa shape index (κ3) is 9.65. The van der Waals surface area contributed by atoms with Gasteiger partial charge >= 0.3 is 19.5 Å². The summed E-state index contributed by atoms with van der Waals surface area (Å²) in [6.45, 7) is 0. The number of nitrogen functional groups attached to an aromatic ring is 1. The number of carbonyl (C=O) groups is 2. The fourth-order valence-corrected chi connectivity index (χ4v) is 1.52. The number of hydrogen-bond acceptors (Lipinski definition) is 10. The molecule has 0 fully saturated rings. The van der Waals surface area contributed by atoms with Crippen molar-refractivity contribution in [3.63, 3.8) is 0 Å². The number of aromatic carboxylic acids is 2. The summed E-state index contributed by atoms with van der Waals surface area (Å²) >= 11 is 0. The zero-order chi connectivity index (χ0) is 21.6. The Balaban J connectivity index is 0.000000424. The molecule has 0 saturated heterocycles. The van der Waals surface area contributed by atoms with Crippen LogP contribution in [0.4, 0.5) is 5.69 Å². The van der Waals surface area contributed by atoms with Gasteiger partial charge in [-0.15, -0.1) is 0 Å². The molecule has 0 atom stereocenters. The minimum Gasteiger partial charge on any atom is -0.543 e. The van der Waals surface area contributed by atoms with E-state index in [-0.39, 0.29) is 30.9 Å². The van der Waals surface area contributed by atoms with E-state index >= 15 is 0 Å². The quantitative estimate of drug-likeness (QED) is 0.484. The first-order valence-corrected chi connectivity index (χ1v) is 7.68. The van der Waals surface area contributed by atoms with Gasteiger partial charge in [-0.25, -0.2) is 0 Å². The third-order valence-electron chi connectivity index (χ3n) is 2.91. The maximum Gasteiger partial charge on any atom is 2.00 e. The van der Waals surface area contributed by atoms with Crippen LogP contribution in [0.3, 0.4) is 0 Å². The molecule has 2 N–H and O–H groups in total. The van der Waals surface area contributed by atoms with Crippen molar-refractivity contribution in [1.82, 2.24) is 15.0 Å². The topological polar surface area (TPSA) is 193 Å². The molecule has 3 rings (SSSR count). The number of carboxylic acid groups (broad SMARTS) is 2. The molecule has 3 heterocycles. The van der Waals surface area contributed by atoms with E-state index in [0.29, 0.717) is 11.1 Å². The van der Waals surface area contributed by atoms with Gasteiger partial charge in [0.25, 0.3) is 0 Å². The first kappa shape index (κ1) is 25.8. The molecule has 0 radical (unpaired) electrons. The second-order valence-electron chi connectivity index (χ2n) is 4.94. The minimum atomic E-state index is -1.34. The average Bonchev–Trinajstić information content (AvgIpc) is 2.75. The number of rotatable bonds is 2. The Hall–Kier alpha value is -4.21. The number of nitrogens with two attached hydrogens (primary N) is 1. The van der Waals surface area contributed by atoms with Gasteiger partial charge in [-0.1, -0.05) is 0 Å². The zero-order valence-corrected chi connectivity index (χ0v) is 18.4. The van der Waals surface area contributed by atoms with E-state index in [4.69, 9.17) is 16.3 Å². The van der Waals surface area contributed by atoms with Gasteiger partial charge in [0.1, 0.15) is 12.1 Å². The summed E-state index contributed by atoms with van der Waals surface area (Å²) in [5.41, 5.74) is 6.41. The molecule has 3 aromatic heterocycles. The number of carboxylic acids is 2. The van der Waals surface area contributed by atoms with Crippen LogP contribution in [0.25, 0.3) is 0 Å². The number of anilines is 1. The van der Waals surface area contributed by atoms with Crippen LogP contribution in [-0.2, 0) is 19.5 Å². The van der Waals surface area contributed by atoms with Crippen molar-refractivity contribution < 1.29 is 39.3 Å². The Morgan fingerprint density at radius 3 is 1.40 bits per heavy atom. The first-order chi connectivity index (χ1) is 13.9. The predicted octanol–water partition coefficient (Wildman–Crippen LogP) is -0.705. The van der Waals surface area contributed by atoms with Crippen LogP contribution in [0, 0.1) is 22.7 Å². The summed E-state index contributed by atoms with van der Waals surface area (Å²) in [6, 6.07) is 12.3. The minimum absolute atomic E-state index is 0. The van der Waals surface area contributed by atoms with Crippen molar-refractivity contribution in [3.05, 3.63) is 83.7 Å². The largest absolute Gasteiger partial charge is 2.00 e. The number of nitrogens with zero attached hydrogens (tertiary/aromatic N) is 5. The molecular formula is C19H12N6O4Zn. The first-order valence-electron chi connectivity index (χ1n) is 7.68. The average molecular weight is 454 g/mol. The van der Waals surface area contributed by atoms with Crippen LogP contribution < -0.4 is 15.9 Å². The number of hydrogen-bond donors (Lipinski definition) is 1. The fourth-order valence-electron chi connectivity index (χ4n) is 1.52. The van der Waals surface area contributed by atoms with Crippen LogP contribution in [0.2, 0.25) is 0 Å². The Kier molecular flexibility index (Phi) is 11.9. The van der Waals surface area contributed by atoms with Crippen molar-refractivity contribution in [2.75, 3.05) is 5.73 Å². The van der Waals surface area contributed by atoms with Gasteiger partial charge in [-0.3, -0.25) is 15.0 Å². The van der Waals surface area contributed by atoms with Crippen LogP contribution in [0.5, 0.6) is 0 Å². The summed E-state index contributed by atoms with van der Waals surface area (Å²) in [5.74, 6) is -2.68. The predicted molar refractivity (Wildman–Crippen MR) is 95.2 cm³/mol. The van der Waals surface area contributed by atoms with Crippen LogP contribution in [0.1, 0.15) is 32.1 Å². The maximum absolute atomic E-state index is 10.1. The van der Waals surface area contributed by atoms with Crippen LogP contribution in [0.15, 0.2) is 61.2 Å². The normalized spacial score (nSPS) is 8.33. The van der Waals surface area contributed by atoms with E-state index in [1.165, 1.54) is 36.7 Å². The number of pyridine rings is 3. The summed E-state index contributed by atoms with van der Waals surface area (Å²) in [6.07, 6.45) is 5.70. The number of aromatic nitrogens is 3. The molecule has 3 aromatic rings. The second-order valence-corrected chi connectivity index (χ2v) is 4.94. The Labute approximate surface area is 184 Å². The molecule has 10 nitrogen and oxygen atoms in total. The molecule has 0 aliphatic carbocycles. The molecule has 0 bridgehead atoms. The molecule has 0 spiro atoms. The molecular weight excluding hydrogens is 442 g/mol. The number of carbonyl (C=O) groups excluding carboxylic acids is 2. The van der Waals surface area contributed by atoms with Crippen molar-refractivity contribution in [1.29, 1.82) is 10.5 Å². The van der Waals surface area contributed by atoms with Gasteiger partial charge in [0.2, 0.25) is 0 Å². The van der Waals surface area contributed by atoms with E-state index in [0.717, 1.165) is 5.69 Å². The molecule has 0 saturated carbocycles. The molecule has 0 aromatic carbocycles. The molecule has 30 heavy (non-hydrogen) atoms. The van der Waals surface area contributed by atoms with Crippen LogP contribution in [-0.4, -0.2) is 26.9 Å². The van der Waals surface area contributed by atoms with Gasteiger partial charge < -0.3 is 25.5 Å². The maximum atomic E-state index is 10.1. The van der Waals surface area contributed by atoms with E-state index in [1.807, 2.05) is 12.1 Å². The van der Waals surface area contributed by atoms with E-state index < -0.39 is 11.9 Å². The standard InChI is InChI=1S/2C7H4N2O2.C5H6N2.Zn/c2*8-3-5-1-2-6(7(10)11)9-4-5;6-5-1-3-7-4-2-5;/h2*1-2,4H,(H,10,11);1-4H,(H2,6,7);/q;;;+2/p-2. The number of nitriles is 2. The molecule has 11 heteroatoms. The van der Waals surface area contributed by atoms with Gasteiger partial charge in [0.15, 0.2) is 0 Å². The fraction of sp³-hybridized carbons (Fsp3) is 0. The monoisotopic (exact) mass is 452 g/mol. The Bertz CT molecular complexity index is 962. The van der Waals surface area contributed by atoms with Crippen molar-refractivity contribution >= 4 is 17.6 Å². The molecule has 0 unspecified atom stereocenters. The zero-order valence-electron chi connectivity index (χ0n) is 15.4. The molecule has 0 aliphatic heterocycles. The third-order valence-corrected chi connectivity index (χ3v) is 2.91. The summed E-state index contributed by atoms with van der Waals surface area (Å²) in [7, 11) is 0. The van der Waals surface area contributed by atoms with Gasteiger partial charge in [0.05, 0.1) is 34.5 Å². The Morgan fingerprint density at radius 1 is 0.800 bits per heavy atom. The second kappa shape index (κ2) is 13.9. The van der Waals surface area contributed by atoms with Gasteiger partial charge in [-0.05, 0) is 36.4 Å². The van der Waals surface area contributed by atoms with E-state index in [2.05, 4.69) is 15.0 Å². The van der Waals surface area contributed by atoms with E-state index in [9.17, 15) is 19.8 Å². The molecule has 0 aliphatic rings. The van der Waals surface area contributed by atoms with Gasteiger partial charge in [-0.2, -0.15) is 10.5 Å². The van der Waals surface area contributed by atoms with Gasteiger partial charge in [0, 0.05) is 30.5 Å². The van der Waals surface area contributed by atoms with E-state index in [1.54, 1.807) is 24.5 Å². The molecule has 144 valence electrons. The Morgan fingerprint density at radius 2 is 1.20 bits per heavy atom. The van der Waals surface area contributed by atoms with Crippen molar-refractivity contribution in [3.8, 4) is 12.1 Å². The smallest absolute Gasteiger partial charge is 0.543 e.